The number of rotatable bonds is 7. The van der Waals surface area contributed by atoms with Crippen molar-refractivity contribution in [1.82, 2.24) is 9.66 Å². The number of nitrogens with zero attached hydrogens (tertiary/aromatic N) is 4. The molecular weight excluding hydrogens is 660 g/mol. The molecule has 0 bridgehead atoms. The Morgan fingerprint density at radius 3 is 2.36 bits per heavy atom. The Balaban J connectivity index is 1.61. The first-order valence-corrected chi connectivity index (χ1v) is 13.1. The van der Waals surface area contributed by atoms with Gasteiger partial charge in [0.05, 0.1) is 31.0 Å². The van der Waals surface area contributed by atoms with Crippen molar-refractivity contribution in [2.45, 2.75) is 26.4 Å². The van der Waals surface area contributed by atoms with Gasteiger partial charge in [0.1, 0.15) is 18.2 Å². The molecule has 8 nitrogen and oxygen atoms in total. The van der Waals surface area contributed by atoms with Crippen molar-refractivity contribution in [3.05, 3.63) is 105 Å². The minimum atomic E-state index is -0.441. The van der Waals surface area contributed by atoms with Crippen LogP contribution < -0.4 is 10.3 Å². The van der Waals surface area contributed by atoms with E-state index in [4.69, 9.17) is 4.74 Å². The maximum atomic E-state index is 13.2. The Bertz CT molecular complexity index is 1530. The molecule has 0 aliphatic carbocycles. The quantitative estimate of drug-likeness (QED) is 0.117. The third-order valence-corrected chi connectivity index (χ3v) is 6.89. The highest BCUT2D eigenvalue weighted by Gasteiger charge is 2.14. The Morgan fingerprint density at radius 2 is 1.75 bits per heavy atom. The van der Waals surface area contributed by atoms with Crippen molar-refractivity contribution in [3.63, 3.8) is 0 Å². The molecule has 0 saturated heterocycles. The molecule has 0 saturated carbocycles. The molecule has 0 unspecified atom stereocenters. The molecule has 1 heterocycles. The third-order valence-electron chi connectivity index (χ3n) is 5.22. The molecule has 0 aliphatic heterocycles. The maximum Gasteiger partial charge on any atom is 0.282 e. The van der Waals surface area contributed by atoms with Crippen LogP contribution in [-0.2, 0) is 6.61 Å². The van der Waals surface area contributed by atoms with Gasteiger partial charge in [0.25, 0.3) is 11.2 Å². The summed E-state index contributed by atoms with van der Waals surface area (Å²) in [6, 6.07) is 15.2. The van der Waals surface area contributed by atoms with Crippen LogP contribution in [0.25, 0.3) is 10.9 Å². The minimum absolute atomic E-state index is 0.0171. The van der Waals surface area contributed by atoms with E-state index in [0.29, 0.717) is 31.4 Å². The van der Waals surface area contributed by atoms with Crippen molar-refractivity contribution >= 4 is 70.6 Å². The van der Waals surface area contributed by atoms with Crippen LogP contribution in [-0.4, -0.2) is 20.8 Å². The number of hydrogen-bond acceptors (Lipinski definition) is 6. The Hall–Kier alpha value is -2.89. The van der Waals surface area contributed by atoms with E-state index in [1.54, 1.807) is 24.4 Å². The molecule has 0 atom stereocenters. The zero-order chi connectivity index (χ0) is 26.0. The second-order valence-corrected chi connectivity index (χ2v) is 10.8. The molecule has 0 aliphatic rings. The summed E-state index contributed by atoms with van der Waals surface area (Å²) in [5.74, 6) is 1.12. The van der Waals surface area contributed by atoms with Gasteiger partial charge >= 0.3 is 0 Å². The fourth-order valence-electron chi connectivity index (χ4n) is 3.44. The number of fused-ring (bicyclic) bond motifs is 1. The van der Waals surface area contributed by atoms with Gasteiger partial charge in [-0.05, 0) is 85.5 Å². The zero-order valence-electron chi connectivity index (χ0n) is 19.1. The number of aromatic nitrogens is 2. The highest BCUT2D eigenvalue weighted by atomic mass is 79.9. The van der Waals surface area contributed by atoms with E-state index >= 15 is 0 Å². The second kappa shape index (κ2) is 11.0. The van der Waals surface area contributed by atoms with Crippen LogP contribution in [0, 0.1) is 10.1 Å². The number of nitro groups is 1. The SMILES string of the molecule is CC(C)c1nc2ccc(Br)cc2c(=O)n1N=Cc1cc(Br)c(OCc2ccc([N+](=O)[O-])cc2)c(Br)c1. The van der Waals surface area contributed by atoms with E-state index in [-0.39, 0.29) is 23.8 Å². The summed E-state index contributed by atoms with van der Waals surface area (Å²) in [4.78, 5) is 28.2. The van der Waals surface area contributed by atoms with Gasteiger partial charge in [-0.1, -0.05) is 29.8 Å². The topological polar surface area (TPSA) is 99.6 Å². The average Bonchev–Trinajstić information content (AvgIpc) is 2.83. The summed E-state index contributed by atoms with van der Waals surface area (Å²) in [6.45, 7) is 4.15. The average molecular weight is 679 g/mol. The van der Waals surface area contributed by atoms with E-state index in [9.17, 15) is 14.9 Å². The Morgan fingerprint density at radius 1 is 1.08 bits per heavy atom. The molecule has 0 radical (unpaired) electrons. The van der Waals surface area contributed by atoms with Gasteiger partial charge in [0.15, 0.2) is 0 Å². The van der Waals surface area contributed by atoms with Crippen molar-refractivity contribution < 1.29 is 9.66 Å². The van der Waals surface area contributed by atoms with Crippen LogP contribution in [0.1, 0.15) is 36.7 Å². The summed E-state index contributed by atoms with van der Waals surface area (Å²) in [5.41, 5.74) is 1.92. The standard InChI is InChI=1S/C25H19Br3N4O4/c1-14(2)24-30-22-8-5-17(26)11-19(22)25(33)31(24)29-12-16-9-20(27)23(21(28)10-16)36-13-15-3-6-18(7-4-15)32(34)35/h3-12,14H,13H2,1-2H3. The lowest BCUT2D eigenvalue weighted by molar-refractivity contribution is -0.384. The summed E-state index contributed by atoms with van der Waals surface area (Å²) < 4.78 is 9.40. The highest BCUT2D eigenvalue weighted by molar-refractivity contribution is 9.11. The summed E-state index contributed by atoms with van der Waals surface area (Å²) >= 11 is 10.5. The van der Waals surface area contributed by atoms with Crippen LogP contribution >= 0.6 is 47.8 Å². The van der Waals surface area contributed by atoms with E-state index < -0.39 is 4.92 Å². The summed E-state index contributed by atoms with van der Waals surface area (Å²) in [6.07, 6.45) is 1.59. The van der Waals surface area contributed by atoms with Gasteiger partial charge < -0.3 is 4.74 Å². The van der Waals surface area contributed by atoms with Crippen LogP contribution in [0.5, 0.6) is 5.75 Å². The maximum absolute atomic E-state index is 13.2. The fraction of sp³-hybridized carbons (Fsp3) is 0.160. The molecule has 1 aromatic heterocycles. The molecule has 4 rings (SSSR count). The molecule has 3 aromatic carbocycles. The summed E-state index contributed by atoms with van der Waals surface area (Å²) in [5, 5.41) is 15.8. The van der Waals surface area contributed by atoms with Gasteiger partial charge in [-0.15, -0.1) is 0 Å². The van der Waals surface area contributed by atoms with Crippen LogP contribution in [0.3, 0.4) is 0 Å². The predicted octanol–water partition coefficient (Wildman–Crippen LogP) is 7.18. The molecule has 0 N–H and O–H groups in total. The van der Waals surface area contributed by atoms with E-state index in [2.05, 4.69) is 57.9 Å². The van der Waals surface area contributed by atoms with Crippen LogP contribution in [0.2, 0.25) is 0 Å². The van der Waals surface area contributed by atoms with Crippen molar-refractivity contribution in [2.24, 2.45) is 5.10 Å². The van der Waals surface area contributed by atoms with Crippen LogP contribution in [0.4, 0.5) is 5.69 Å². The van der Waals surface area contributed by atoms with Gasteiger partial charge in [-0.25, -0.2) is 4.98 Å². The molecular formula is C25H19Br3N4O4. The van der Waals surface area contributed by atoms with Crippen molar-refractivity contribution in [2.75, 3.05) is 0 Å². The predicted molar refractivity (Wildman–Crippen MR) is 150 cm³/mol. The van der Waals surface area contributed by atoms with Gasteiger partial charge in [-0.3, -0.25) is 14.9 Å². The Kier molecular flexibility index (Phi) is 8.01. The zero-order valence-corrected chi connectivity index (χ0v) is 23.9. The highest BCUT2D eigenvalue weighted by Crippen LogP contribution is 2.35. The lowest BCUT2D eigenvalue weighted by Gasteiger charge is -2.13. The molecule has 0 amide bonds. The normalized spacial score (nSPS) is 11.5. The third kappa shape index (κ3) is 5.74. The van der Waals surface area contributed by atoms with Crippen molar-refractivity contribution in [3.8, 4) is 5.75 Å². The molecule has 36 heavy (non-hydrogen) atoms. The van der Waals surface area contributed by atoms with Gasteiger partial charge in [-0.2, -0.15) is 9.78 Å². The van der Waals surface area contributed by atoms with Gasteiger partial charge in [0, 0.05) is 22.5 Å². The lowest BCUT2D eigenvalue weighted by Crippen LogP contribution is -2.23. The van der Waals surface area contributed by atoms with E-state index in [1.807, 2.05) is 38.1 Å². The van der Waals surface area contributed by atoms with Crippen molar-refractivity contribution in [1.29, 1.82) is 0 Å². The first-order chi connectivity index (χ1) is 17.1. The largest absolute Gasteiger partial charge is 0.487 e. The van der Waals surface area contributed by atoms with E-state index in [0.717, 1.165) is 15.6 Å². The monoisotopic (exact) mass is 676 g/mol. The van der Waals surface area contributed by atoms with Gasteiger partial charge in [0.2, 0.25) is 0 Å². The number of ether oxygens (including phenoxy) is 1. The second-order valence-electron chi connectivity index (χ2n) is 8.17. The lowest BCUT2D eigenvalue weighted by atomic mass is 10.2. The molecule has 11 heteroatoms. The number of benzene rings is 3. The Labute approximate surface area is 231 Å². The molecule has 184 valence electrons. The number of halogens is 3. The minimum Gasteiger partial charge on any atom is -0.487 e. The number of non-ortho nitro benzene ring substituents is 1. The van der Waals surface area contributed by atoms with Crippen LogP contribution in [0.15, 0.2) is 77.9 Å². The molecule has 0 fully saturated rings. The molecule has 0 spiro atoms. The van der Waals surface area contributed by atoms with E-state index in [1.165, 1.54) is 16.8 Å². The first kappa shape index (κ1) is 26.2. The number of nitro benzene ring substituents is 1. The first-order valence-electron chi connectivity index (χ1n) is 10.8. The number of hydrogen-bond donors (Lipinski definition) is 0. The fourth-order valence-corrected chi connectivity index (χ4v) is 5.25. The molecule has 4 aromatic rings. The smallest absolute Gasteiger partial charge is 0.282 e. The summed E-state index contributed by atoms with van der Waals surface area (Å²) in [7, 11) is 0.